The van der Waals surface area contributed by atoms with E-state index in [2.05, 4.69) is 15.1 Å². The number of fused-ring (bicyclic) bond motifs is 1. The number of benzene rings is 2. The number of carbonyl (C=O) groups excluding carboxylic acids is 1. The van der Waals surface area contributed by atoms with Crippen molar-refractivity contribution in [2.75, 3.05) is 27.3 Å². The van der Waals surface area contributed by atoms with E-state index in [0.717, 1.165) is 22.2 Å². The number of H-pyrrole nitrogens is 1. The van der Waals surface area contributed by atoms with Gasteiger partial charge in [0.25, 0.3) is 5.91 Å². The van der Waals surface area contributed by atoms with Crippen LogP contribution in [-0.4, -0.2) is 53.2 Å². The third-order valence-corrected chi connectivity index (χ3v) is 5.37. The molecule has 3 heterocycles. The predicted octanol–water partition coefficient (Wildman–Crippen LogP) is 3.47. The summed E-state index contributed by atoms with van der Waals surface area (Å²) in [5.41, 5.74) is 2.20. The molecule has 4 aromatic rings. The third-order valence-electron chi connectivity index (χ3n) is 5.37. The molecule has 0 aliphatic carbocycles. The lowest BCUT2D eigenvalue weighted by molar-refractivity contribution is 0.0564. The minimum absolute atomic E-state index is 0.0226. The normalized spacial score (nSPS) is 14.0. The molecule has 2 aromatic carbocycles. The van der Waals surface area contributed by atoms with E-state index in [1.54, 1.807) is 19.1 Å². The van der Waals surface area contributed by atoms with E-state index in [9.17, 15) is 4.79 Å². The molecule has 8 heteroatoms. The summed E-state index contributed by atoms with van der Waals surface area (Å²) in [6.45, 7) is 1.07. The smallest absolute Gasteiger partial charge is 0.270 e. The number of methoxy groups -OCH3 is 2. The van der Waals surface area contributed by atoms with Crippen LogP contribution in [0.15, 0.2) is 53.1 Å². The largest absolute Gasteiger partial charge is 0.497 e. The quantitative estimate of drug-likeness (QED) is 0.547. The number of aromatic amines is 1. The fraction of sp³-hybridized carbons (Fsp3) is 0.227. The molecule has 1 fully saturated rings. The first-order valence-electron chi connectivity index (χ1n) is 9.59. The topological polar surface area (TPSA) is 93.5 Å². The number of aromatic nitrogens is 3. The monoisotopic (exact) mass is 404 g/mol. The molecule has 1 saturated heterocycles. The van der Waals surface area contributed by atoms with Crippen LogP contribution < -0.4 is 9.47 Å². The van der Waals surface area contributed by atoms with Crippen LogP contribution in [-0.2, 0) is 0 Å². The van der Waals surface area contributed by atoms with Gasteiger partial charge in [0.05, 0.1) is 25.7 Å². The summed E-state index contributed by atoms with van der Waals surface area (Å²) in [5, 5.41) is 5.05. The number of para-hydroxylation sites is 1. The zero-order chi connectivity index (χ0) is 20.7. The van der Waals surface area contributed by atoms with Crippen molar-refractivity contribution in [3.63, 3.8) is 0 Å². The lowest BCUT2D eigenvalue weighted by atomic mass is 9.99. The van der Waals surface area contributed by atoms with Crippen molar-refractivity contribution >= 4 is 16.8 Å². The summed E-state index contributed by atoms with van der Waals surface area (Å²) in [6.07, 6.45) is 0. The number of amides is 1. The molecule has 0 radical (unpaired) electrons. The first kappa shape index (κ1) is 18.2. The Bertz CT molecular complexity index is 1220. The average Bonchev–Trinajstić information content (AvgIpc) is 3.39. The molecule has 0 atom stereocenters. The number of likely N-dealkylation sites (tertiary alicyclic amines) is 1. The molecule has 30 heavy (non-hydrogen) atoms. The van der Waals surface area contributed by atoms with E-state index in [1.807, 2.05) is 48.5 Å². The molecule has 1 aliphatic rings. The lowest BCUT2D eigenvalue weighted by Gasteiger charge is -2.36. The van der Waals surface area contributed by atoms with E-state index in [4.69, 9.17) is 14.0 Å². The summed E-state index contributed by atoms with van der Waals surface area (Å²) in [4.78, 5) is 22.3. The van der Waals surface area contributed by atoms with Crippen molar-refractivity contribution in [2.24, 2.45) is 0 Å². The van der Waals surface area contributed by atoms with Crippen LogP contribution in [0.4, 0.5) is 0 Å². The van der Waals surface area contributed by atoms with Crippen molar-refractivity contribution in [3.05, 3.63) is 60.1 Å². The van der Waals surface area contributed by atoms with Gasteiger partial charge in [0.1, 0.15) is 17.2 Å². The third kappa shape index (κ3) is 3.06. The van der Waals surface area contributed by atoms with Crippen molar-refractivity contribution in [3.8, 4) is 22.9 Å². The molecule has 1 amide bonds. The first-order valence-corrected chi connectivity index (χ1v) is 9.59. The minimum atomic E-state index is -0.0501. The van der Waals surface area contributed by atoms with Gasteiger partial charge in [0.2, 0.25) is 11.7 Å². The van der Waals surface area contributed by atoms with Gasteiger partial charge in [0.15, 0.2) is 0 Å². The SMILES string of the molecule is COc1ccc2cc(C(=O)N3CC(c4nc(-c5ccccc5OC)no4)C3)[nH]c2c1. The highest BCUT2D eigenvalue weighted by atomic mass is 16.5. The highest BCUT2D eigenvalue weighted by Crippen LogP contribution is 2.32. The zero-order valence-electron chi connectivity index (χ0n) is 16.6. The number of nitrogens with one attached hydrogen (secondary N) is 1. The van der Waals surface area contributed by atoms with E-state index < -0.39 is 0 Å². The number of ether oxygens (including phenoxy) is 2. The molecule has 152 valence electrons. The van der Waals surface area contributed by atoms with Gasteiger partial charge in [-0.1, -0.05) is 17.3 Å². The molecule has 0 saturated carbocycles. The number of nitrogens with zero attached hydrogens (tertiary/aromatic N) is 3. The number of rotatable bonds is 5. The van der Waals surface area contributed by atoms with Crippen LogP contribution >= 0.6 is 0 Å². The maximum atomic E-state index is 12.8. The Labute approximate surface area is 172 Å². The van der Waals surface area contributed by atoms with Crippen LogP contribution in [0.5, 0.6) is 11.5 Å². The molecule has 5 rings (SSSR count). The first-order chi connectivity index (χ1) is 14.7. The van der Waals surface area contributed by atoms with Crippen LogP contribution in [0.2, 0.25) is 0 Å². The maximum absolute atomic E-state index is 12.8. The number of hydrogen-bond donors (Lipinski definition) is 1. The van der Waals surface area contributed by atoms with E-state index in [0.29, 0.717) is 36.2 Å². The highest BCUT2D eigenvalue weighted by Gasteiger charge is 2.36. The maximum Gasteiger partial charge on any atom is 0.270 e. The van der Waals surface area contributed by atoms with Crippen molar-refractivity contribution in [1.29, 1.82) is 0 Å². The number of carbonyl (C=O) groups is 1. The molecule has 0 unspecified atom stereocenters. The Hall–Kier alpha value is -3.81. The van der Waals surface area contributed by atoms with E-state index >= 15 is 0 Å². The second-order valence-electron chi connectivity index (χ2n) is 7.20. The van der Waals surface area contributed by atoms with E-state index in [1.165, 1.54) is 0 Å². The second kappa shape index (κ2) is 7.22. The molecule has 0 bridgehead atoms. The van der Waals surface area contributed by atoms with Crippen molar-refractivity contribution in [1.82, 2.24) is 20.0 Å². The standard InChI is InChI=1S/C22H20N4O4/c1-28-15-8-7-13-9-18(23-17(13)10-15)22(27)26-11-14(12-26)21-24-20(25-30-21)16-5-3-4-6-19(16)29-2/h3-10,14,23H,11-12H2,1-2H3. The Morgan fingerprint density at radius 1 is 1.13 bits per heavy atom. The molecule has 1 aliphatic heterocycles. The molecule has 1 N–H and O–H groups in total. The summed E-state index contributed by atoms with van der Waals surface area (Å²) in [5.74, 6) is 2.42. The summed E-state index contributed by atoms with van der Waals surface area (Å²) in [6, 6.07) is 15.1. The Morgan fingerprint density at radius 2 is 1.97 bits per heavy atom. The van der Waals surface area contributed by atoms with Crippen LogP contribution in [0.25, 0.3) is 22.3 Å². The number of hydrogen-bond acceptors (Lipinski definition) is 6. The molecular weight excluding hydrogens is 384 g/mol. The molecular formula is C22H20N4O4. The Morgan fingerprint density at radius 3 is 2.77 bits per heavy atom. The Kier molecular flexibility index (Phi) is 4.39. The van der Waals surface area contributed by atoms with Gasteiger partial charge in [-0.3, -0.25) is 4.79 Å². The molecule has 0 spiro atoms. The highest BCUT2D eigenvalue weighted by molar-refractivity contribution is 5.98. The lowest BCUT2D eigenvalue weighted by Crippen LogP contribution is -2.48. The van der Waals surface area contributed by atoms with E-state index in [-0.39, 0.29) is 11.8 Å². The van der Waals surface area contributed by atoms with Gasteiger partial charge in [-0.2, -0.15) is 4.98 Å². The molecule has 8 nitrogen and oxygen atoms in total. The predicted molar refractivity (Wildman–Crippen MR) is 110 cm³/mol. The van der Waals surface area contributed by atoms with Crippen molar-refractivity contribution < 1.29 is 18.8 Å². The van der Waals surface area contributed by atoms with Gasteiger partial charge in [-0.25, -0.2) is 0 Å². The van der Waals surface area contributed by atoms with Gasteiger partial charge in [-0.15, -0.1) is 0 Å². The summed E-state index contributed by atoms with van der Waals surface area (Å²) in [7, 11) is 3.22. The van der Waals surface area contributed by atoms with Crippen molar-refractivity contribution in [2.45, 2.75) is 5.92 Å². The fourth-order valence-corrected chi connectivity index (χ4v) is 3.66. The fourth-order valence-electron chi connectivity index (χ4n) is 3.66. The summed E-state index contributed by atoms with van der Waals surface area (Å²) < 4.78 is 16.1. The minimum Gasteiger partial charge on any atom is -0.497 e. The summed E-state index contributed by atoms with van der Waals surface area (Å²) >= 11 is 0. The zero-order valence-corrected chi connectivity index (χ0v) is 16.6. The average molecular weight is 404 g/mol. The van der Waals surface area contributed by atoms with Crippen LogP contribution in [0, 0.1) is 0 Å². The van der Waals surface area contributed by atoms with Crippen LogP contribution in [0.3, 0.4) is 0 Å². The van der Waals surface area contributed by atoms with Gasteiger partial charge < -0.3 is 23.9 Å². The second-order valence-corrected chi connectivity index (χ2v) is 7.20. The van der Waals surface area contributed by atoms with Gasteiger partial charge in [0, 0.05) is 30.1 Å². The van der Waals surface area contributed by atoms with Crippen LogP contribution in [0.1, 0.15) is 22.3 Å². The molecule has 2 aromatic heterocycles. The van der Waals surface area contributed by atoms with Gasteiger partial charge in [-0.05, 0) is 30.3 Å². The van der Waals surface area contributed by atoms with Gasteiger partial charge >= 0.3 is 0 Å². The Balaban J connectivity index is 1.28.